The highest BCUT2D eigenvalue weighted by atomic mass is 16.1. The van der Waals surface area contributed by atoms with Gasteiger partial charge >= 0.3 is 0 Å². The zero-order valence-electron chi connectivity index (χ0n) is 28.9. The van der Waals surface area contributed by atoms with Gasteiger partial charge in [-0.2, -0.15) is 0 Å². The molecule has 0 saturated heterocycles. The highest BCUT2D eigenvalue weighted by Gasteiger charge is 2.18. The summed E-state index contributed by atoms with van der Waals surface area (Å²) in [4.78, 5) is 27.4. The van der Waals surface area contributed by atoms with E-state index < -0.39 is 0 Å². The van der Waals surface area contributed by atoms with E-state index in [0.717, 1.165) is 50.5 Å². The lowest BCUT2D eigenvalue weighted by Crippen LogP contribution is -2.13. The molecule has 8 rings (SSSR count). The van der Waals surface area contributed by atoms with Gasteiger partial charge in [-0.25, -0.2) is 0 Å². The smallest absolute Gasteiger partial charge is 0.186 e. The summed E-state index contributed by atoms with van der Waals surface area (Å²) in [6, 6.07) is 52.7. The van der Waals surface area contributed by atoms with Crippen LogP contribution in [-0.2, 0) is 5.41 Å². The number of ketones is 1. The summed E-state index contributed by atoms with van der Waals surface area (Å²) in [5.74, 6) is -0.199. The van der Waals surface area contributed by atoms with Crippen molar-refractivity contribution in [3.05, 3.63) is 180 Å². The standard InChI is InChI=1S/C48H37NO2/c1-48(2,3)42-17-21-43(22-18-42)49(45-20-16-38-25-33-8-4-5-9-34(33)26-40(38)29-45)44-19-15-37-24-32(12-14-39(37)28-44)13-23-47(51)46-30-36-11-7-6-10-35(36)27-41(46)31-50/h4-31H,1-3H3. The predicted molar refractivity (Wildman–Crippen MR) is 215 cm³/mol. The van der Waals surface area contributed by atoms with E-state index in [9.17, 15) is 9.59 Å². The maximum atomic E-state index is 13.3. The molecule has 0 amide bonds. The molecule has 0 N–H and O–H groups in total. The molecule has 246 valence electrons. The first-order valence-electron chi connectivity index (χ1n) is 17.3. The van der Waals surface area contributed by atoms with Crippen LogP contribution in [0.5, 0.6) is 0 Å². The number of aldehydes is 1. The van der Waals surface area contributed by atoms with E-state index in [0.29, 0.717) is 11.1 Å². The number of fused-ring (bicyclic) bond motifs is 4. The van der Waals surface area contributed by atoms with Crippen LogP contribution in [0, 0.1) is 0 Å². The number of hydrogen-bond acceptors (Lipinski definition) is 3. The Balaban J connectivity index is 1.15. The first-order valence-corrected chi connectivity index (χ1v) is 17.3. The highest BCUT2D eigenvalue weighted by Crippen LogP contribution is 2.39. The molecule has 51 heavy (non-hydrogen) atoms. The van der Waals surface area contributed by atoms with Crippen molar-refractivity contribution in [2.24, 2.45) is 0 Å². The summed E-state index contributed by atoms with van der Waals surface area (Å²) < 4.78 is 0. The zero-order valence-corrected chi connectivity index (χ0v) is 28.9. The van der Waals surface area contributed by atoms with Crippen LogP contribution in [0.3, 0.4) is 0 Å². The first-order chi connectivity index (χ1) is 24.7. The van der Waals surface area contributed by atoms with Crippen molar-refractivity contribution in [3.63, 3.8) is 0 Å². The number of rotatable bonds is 7. The van der Waals surface area contributed by atoms with Crippen molar-refractivity contribution in [1.29, 1.82) is 0 Å². The summed E-state index contributed by atoms with van der Waals surface area (Å²) >= 11 is 0. The lowest BCUT2D eigenvalue weighted by molar-refractivity contribution is 0.103. The van der Waals surface area contributed by atoms with E-state index in [1.807, 2.05) is 36.4 Å². The molecule has 0 atom stereocenters. The van der Waals surface area contributed by atoms with Crippen LogP contribution in [0.25, 0.3) is 49.2 Å². The lowest BCUT2D eigenvalue weighted by atomic mass is 9.87. The number of carbonyl (C=O) groups is 2. The Morgan fingerprint density at radius 3 is 1.63 bits per heavy atom. The minimum Gasteiger partial charge on any atom is -0.310 e. The molecule has 0 heterocycles. The van der Waals surface area contributed by atoms with Crippen molar-refractivity contribution >= 4 is 78.3 Å². The average Bonchev–Trinajstić information content (AvgIpc) is 3.15. The molecule has 0 fully saturated rings. The molecule has 0 radical (unpaired) electrons. The molecule has 8 aromatic rings. The number of benzene rings is 8. The molecule has 8 aromatic carbocycles. The van der Waals surface area contributed by atoms with Crippen LogP contribution < -0.4 is 4.90 Å². The lowest BCUT2D eigenvalue weighted by Gasteiger charge is -2.27. The second-order valence-electron chi connectivity index (χ2n) is 14.3. The minimum absolute atomic E-state index is 0.0549. The minimum atomic E-state index is -0.199. The summed E-state index contributed by atoms with van der Waals surface area (Å²) in [7, 11) is 0. The van der Waals surface area contributed by atoms with Gasteiger partial charge in [-0.3, -0.25) is 9.59 Å². The van der Waals surface area contributed by atoms with Gasteiger partial charge in [0.1, 0.15) is 0 Å². The Kier molecular flexibility index (Phi) is 8.04. The fourth-order valence-electron chi connectivity index (χ4n) is 6.95. The normalized spacial score (nSPS) is 11.9. The van der Waals surface area contributed by atoms with E-state index in [4.69, 9.17) is 0 Å². The number of anilines is 3. The molecule has 3 nitrogen and oxygen atoms in total. The third-order valence-corrected chi connectivity index (χ3v) is 9.78. The molecule has 0 aliphatic carbocycles. The summed E-state index contributed by atoms with van der Waals surface area (Å²) in [6.07, 6.45) is 4.13. The molecular formula is C48H37NO2. The average molecular weight is 660 g/mol. The molecule has 0 saturated carbocycles. The van der Waals surface area contributed by atoms with E-state index in [1.54, 1.807) is 18.2 Å². The predicted octanol–water partition coefficient (Wildman–Crippen LogP) is 12.8. The topological polar surface area (TPSA) is 37.4 Å². The van der Waals surface area contributed by atoms with Gasteiger partial charge in [-0.05, 0) is 132 Å². The maximum Gasteiger partial charge on any atom is 0.186 e. The van der Waals surface area contributed by atoms with Gasteiger partial charge in [0.15, 0.2) is 12.1 Å². The van der Waals surface area contributed by atoms with Crippen molar-refractivity contribution in [2.45, 2.75) is 26.2 Å². The third kappa shape index (κ3) is 6.31. The Morgan fingerprint density at radius 1 is 0.510 bits per heavy atom. The van der Waals surface area contributed by atoms with Crippen molar-refractivity contribution < 1.29 is 9.59 Å². The number of allylic oxidation sites excluding steroid dienone is 1. The Morgan fingerprint density at radius 2 is 1.00 bits per heavy atom. The molecule has 3 heteroatoms. The van der Waals surface area contributed by atoms with Crippen molar-refractivity contribution in [3.8, 4) is 0 Å². The monoisotopic (exact) mass is 659 g/mol. The van der Waals surface area contributed by atoms with Crippen LogP contribution in [0.15, 0.2) is 158 Å². The van der Waals surface area contributed by atoms with Gasteiger partial charge in [-0.1, -0.05) is 112 Å². The fourth-order valence-corrected chi connectivity index (χ4v) is 6.95. The summed E-state index contributed by atoms with van der Waals surface area (Å²) in [5.41, 5.74) is 6.28. The molecule has 0 aliphatic rings. The van der Waals surface area contributed by atoms with Crippen LogP contribution in [0.2, 0.25) is 0 Å². The number of nitrogens with zero attached hydrogens (tertiary/aromatic N) is 1. The van der Waals surface area contributed by atoms with Gasteiger partial charge in [0.25, 0.3) is 0 Å². The van der Waals surface area contributed by atoms with E-state index in [-0.39, 0.29) is 11.2 Å². The van der Waals surface area contributed by atoms with Crippen LogP contribution in [-0.4, -0.2) is 12.1 Å². The van der Waals surface area contributed by atoms with Crippen LogP contribution in [0.1, 0.15) is 52.6 Å². The number of hydrogen-bond donors (Lipinski definition) is 0. The van der Waals surface area contributed by atoms with Crippen molar-refractivity contribution in [2.75, 3.05) is 4.90 Å². The van der Waals surface area contributed by atoms with Gasteiger partial charge in [0.05, 0.1) is 0 Å². The Bertz CT molecular complexity index is 2660. The molecule has 0 aliphatic heterocycles. The van der Waals surface area contributed by atoms with Crippen molar-refractivity contribution in [1.82, 2.24) is 0 Å². The molecule has 0 aromatic heterocycles. The molecule has 0 unspecified atom stereocenters. The second kappa shape index (κ2) is 12.9. The van der Waals surface area contributed by atoms with Gasteiger partial charge in [-0.15, -0.1) is 0 Å². The van der Waals surface area contributed by atoms with E-state index in [1.165, 1.54) is 27.1 Å². The van der Waals surface area contributed by atoms with Crippen LogP contribution >= 0.6 is 0 Å². The van der Waals surface area contributed by atoms with Gasteiger partial charge in [0, 0.05) is 28.2 Å². The largest absolute Gasteiger partial charge is 0.310 e. The first kappa shape index (κ1) is 31.9. The SMILES string of the molecule is CC(C)(C)c1ccc(N(c2ccc3cc(C=CC(=O)c4cc5ccccc5cc4C=O)ccc3c2)c2ccc3cc4ccccc4cc3c2)cc1. The summed E-state index contributed by atoms with van der Waals surface area (Å²) in [5, 5.41) is 8.89. The molecule has 0 bridgehead atoms. The highest BCUT2D eigenvalue weighted by molar-refractivity contribution is 6.13. The van der Waals surface area contributed by atoms with E-state index >= 15 is 0 Å². The van der Waals surface area contributed by atoms with Gasteiger partial charge in [0.2, 0.25) is 0 Å². The summed E-state index contributed by atoms with van der Waals surface area (Å²) in [6.45, 7) is 6.71. The fraction of sp³-hybridized carbons (Fsp3) is 0.0833. The molecular weight excluding hydrogens is 623 g/mol. The van der Waals surface area contributed by atoms with Gasteiger partial charge < -0.3 is 4.90 Å². The second-order valence-corrected chi connectivity index (χ2v) is 14.3. The third-order valence-electron chi connectivity index (χ3n) is 9.78. The number of carbonyl (C=O) groups excluding carboxylic acids is 2. The Hall–Kier alpha value is -6.32. The maximum absolute atomic E-state index is 13.3. The van der Waals surface area contributed by atoms with E-state index in [2.05, 4.69) is 135 Å². The quantitative estimate of drug-likeness (QED) is 0.0739. The Labute approximate surface area is 298 Å². The molecule has 0 spiro atoms. The zero-order chi connectivity index (χ0) is 35.1. The van der Waals surface area contributed by atoms with Crippen LogP contribution in [0.4, 0.5) is 17.1 Å².